The van der Waals surface area contributed by atoms with E-state index in [1.54, 1.807) is 30.8 Å². The third-order valence-corrected chi connectivity index (χ3v) is 4.12. The van der Waals surface area contributed by atoms with E-state index in [1.807, 2.05) is 6.07 Å². The number of phenols is 1. The summed E-state index contributed by atoms with van der Waals surface area (Å²) in [5.74, 6) is -0.0241. The molecule has 0 aliphatic carbocycles. The zero-order chi connectivity index (χ0) is 15.6. The van der Waals surface area contributed by atoms with Gasteiger partial charge < -0.3 is 14.8 Å². The minimum Gasteiger partial charge on any atom is -0.508 e. The highest BCUT2D eigenvalue weighted by Gasteiger charge is 2.21. The molecule has 4 nitrogen and oxygen atoms in total. The van der Waals surface area contributed by atoms with Crippen molar-refractivity contribution in [3.63, 3.8) is 0 Å². The Bertz CT molecular complexity index is 655. The molecule has 21 heavy (non-hydrogen) atoms. The zero-order valence-electron chi connectivity index (χ0n) is 12.8. The first-order valence-corrected chi connectivity index (χ1v) is 7.80. The molecule has 0 amide bonds. The summed E-state index contributed by atoms with van der Waals surface area (Å²) in [6, 6.07) is 5.19. The Labute approximate surface area is 128 Å². The van der Waals surface area contributed by atoms with E-state index in [2.05, 4.69) is 25.8 Å². The van der Waals surface area contributed by atoms with Crippen molar-refractivity contribution in [2.75, 3.05) is 6.61 Å². The number of thioether (sulfide) groups is 1. The third kappa shape index (κ3) is 3.94. The molecule has 1 aromatic heterocycles. The molecule has 0 saturated heterocycles. The summed E-state index contributed by atoms with van der Waals surface area (Å²) in [5, 5.41) is 10.7. The van der Waals surface area contributed by atoms with Crippen LogP contribution in [-0.2, 0) is 16.0 Å². The summed E-state index contributed by atoms with van der Waals surface area (Å²) in [5.41, 5.74) is 1.76. The molecule has 5 heteroatoms. The van der Waals surface area contributed by atoms with Gasteiger partial charge in [0.1, 0.15) is 5.75 Å². The fraction of sp³-hybridized carbons (Fsp3) is 0.438. The fourth-order valence-corrected chi connectivity index (χ4v) is 3.25. The monoisotopic (exact) mass is 307 g/mol. The molecule has 1 aromatic carbocycles. The van der Waals surface area contributed by atoms with Crippen molar-refractivity contribution >= 4 is 28.6 Å². The summed E-state index contributed by atoms with van der Waals surface area (Å²) in [6.45, 7) is 8.53. The van der Waals surface area contributed by atoms with E-state index < -0.39 is 0 Å². The van der Waals surface area contributed by atoms with Gasteiger partial charge in [-0.05, 0) is 25.1 Å². The number of phenolic OH excluding ortho intramolecular Hbond substituents is 1. The summed E-state index contributed by atoms with van der Waals surface area (Å²) in [4.78, 5) is 16.0. The largest absolute Gasteiger partial charge is 0.508 e. The van der Waals surface area contributed by atoms with Crippen molar-refractivity contribution in [1.29, 1.82) is 0 Å². The molecule has 0 aliphatic heterocycles. The highest BCUT2D eigenvalue weighted by molar-refractivity contribution is 8.00. The van der Waals surface area contributed by atoms with Crippen molar-refractivity contribution in [3.05, 3.63) is 23.9 Å². The second-order valence-electron chi connectivity index (χ2n) is 5.86. The Kier molecular flexibility index (Phi) is 4.52. The van der Waals surface area contributed by atoms with E-state index in [0.717, 1.165) is 21.5 Å². The van der Waals surface area contributed by atoms with Gasteiger partial charge in [0.15, 0.2) is 0 Å². The van der Waals surface area contributed by atoms with Crippen LogP contribution in [-0.4, -0.2) is 27.4 Å². The molecule has 0 atom stereocenters. The van der Waals surface area contributed by atoms with Crippen LogP contribution in [0.4, 0.5) is 0 Å². The number of carbonyl (C=O) groups is 1. The lowest BCUT2D eigenvalue weighted by molar-refractivity contribution is -0.142. The zero-order valence-corrected chi connectivity index (χ0v) is 13.6. The molecule has 0 aliphatic rings. The molecule has 0 saturated carbocycles. The molecule has 1 heterocycles. The van der Waals surface area contributed by atoms with Crippen LogP contribution in [0, 0.1) is 0 Å². The van der Waals surface area contributed by atoms with Crippen molar-refractivity contribution < 1.29 is 14.6 Å². The summed E-state index contributed by atoms with van der Waals surface area (Å²) >= 11 is 1.68. The van der Waals surface area contributed by atoms with Crippen LogP contribution >= 0.6 is 11.8 Å². The summed E-state index contributed by atoms with van der Waals surface area (Å²) < 4.78 is 5.04. The average molecular weight is 307 g/mol. The minimum atomic E-state index is -0.246. The number of aromatic amines is 1. The average Bonchev–Trinajstić information content (AvgIpc) is 2.66. The number of rotatable bonds is 4. The number of esters is 1. The lowest BCUT2D eigenvalue weighted by Crippen LogP contribution is -2.11. The van der Waals surface area contributed by atoms with E-state index in [1.165, 1.54) is 0 Å². The first-order chi connectivity index (χ1) is 9.80. The van der Waals surface area contributed by atoms with E-state index in [9.17, 15) is 9.90 Å². The molecular weight excluding hydrogens is 286 g/mol. The molecule has 2 aromatic rings. The second kappa shape index (κ2) is 6.02. The Morgan fingerprint density at radius 2 is 2.10 bits per heavy atom. The van der Waals surface area contributed by atoms with E-state index in [4.69, 9.17) is 4.74 Å². The van der Waals surface area contributed by atoms with Crippen LogP contribution in [0.3, 0.4) is 0 Å². The molecule has 0 fully saturated rings. The standard InChI is InChI=1S/C16H21NO3S/c1-5-20-14(19)9-13-15(21-16(2,3)4)11-8-10(18)6-7-12(11)17-13/h6-8,17-18H,5,9H2,1-4H3. The van der Waals surface area contributed by atoms with Crippen molar-refractivity contribution in [2.24, 2.45) is 0 Å². The molecule has 0 unspecified atom stereocenters. The normalized spacial score (nSPS) is 11.8. The quantitative estimate of drug-likeness (QED) is 0.665. The molecule has 0 spiro atoms. The van der Waals surface area contributed by atoms with E-state index in [-0.39, 0.29) is 22.9 Å². The van der Waals surface area contributed by atoms with Gasteiger partial charge in [0.25, 0.3) is 0 Å². The van der Waals surface area contributed by atoms with E-state index in [0.29, 0.717) is 6.61 Å². The number of aromatic nitrogens is 1. The number of fused-ring (bicyclic) bond motifs is 1. The predicted molar refractivity (Wildman–Crippen MR) is 85.9 cm³/mol. The van der Waals surface area contributed by atoms with Gasteiger partial charge in [-0.15, -0.1) is 11.8 Å². The molecule has 2 rings (SSSR count). The van der Waals surface area contributed by atoms with Gasteiger partial charge in [0, 0.05) is 26.2 Å². The molecule has 114 valence electrons. The Morgan fingerprint density at radius 1 is 1.38 bits per heavy atom. The van der Waals surface area contributed by atoms with Crippen molar-refractivity contribution in [1.82, 2.24) is 4.98 Å². The maximum Gasteiger partial charge on any atom is 0.311 e. The minimum absolute atomic E-state index is 0.00396. The second-order valence-corrected chi connectivity index (χ2v) is 7.70. The van der Waals surface area contributed by atoms with Gasteiger partial charge in [0.2, 0.25) is 0 Å². The van der Waals surface area contributed by atoms with Gasteiger partial charge in [-0.2, -0.15) is 0 Å². The number of benzene rings is 1. The molecule has 0 bridgehead atoms. The number of carbonyl (C=O) groups excluding carboxylic acids is 1. The number of aromatic hydroxyl groups is 1. The van der Waals surface area contributed by atoms with Crippen LogP contribution < -0.4 is 0 Å². The molecule has 2 N–H and O–H groups in total. The highest BCUT2D eigenvalue weighted by atomic mass is 32.2. The van der Waals surface area contributed by atoms with Crippen LogP contribution in [0.2, 0.25) is 0 Å². The molecular formula is C16H21NO3S. The van der Waals surface area contributed by atoms with Crippen LogP contribution in [0.5, 0.6) is 5.75 Å². The van der Waals surface area contributed by atoms with Crippen LogP contribution in [0.1, 0.15) is 33.4 Å². The Hall–Kier alpha value is -1.62. The lowest BCUT2D eigenvalue weighted by atomic mass is 10.2. The summed E-state index contributed by atoms with van der Waals surface area (Å²) in [7, 11) is 0. The van der Waals surface area contributed by atoms with Gasteiger partial charge in [-0.3, -0.25) is 4.79 Å². The van der Waals surface area contributed by atoms with Crippen LogP contribution in [0.25, 0.3) is 10.9 Å². The highest BCUT2D eigenvalue weighted by Crippen LogP contribution is 2.40. The Morgan fingerprint density at radius 3 is 2.71 bits per heavy atom. The van der Waals surface area contributed by atoms with Crippen LogP contribution in [0.15, 0.2) is 23.1 Å². The number of hydrogen-bond acceptors (Lipinski definition) is 4. The lowest BCUT2D eigenvalue weighted by Gasteiger charge is -2.18. The number of nitrogens with one attached hydrogen (secondary N) is 1. The number of H-pyrrole nitrogens is 1. The van der Waals surface area contributed by atoms with E-state index >= 15 is 0 Å². The number of hydrogen-bond donors (Lipinski definition) is 2. The van der Waals surface area contributed by atoms with Gasteiger partial charge in [0.05, 0.1) is 13.0 Å². The maximum absolute atomic E-state index is 11.8. The maximum atomic E-state index is 11.8. The Balaban J connectivity index is 2.47. The van der Waals surface area contributed by atoms with Gasteiger partial charge in [-0.25, -0.2) is 0 Å². The fourth-order valence-electron chi connectivity index (χ4n) is 2.11. The SMILES string of the molecule is CCOC(=O)Cc1[nH]c2ccc(O)cc2c1SC(C)(C)C. The topological polar surface area (TPSA) is 62.3 Å². The first-order valence-electron chi connectivity index (χ1n) is 6.98. The van der Waals surface area contributed by atoms with Gasteiger partial charge in [-0.1, -0.05) is 20.8 Å². The summed E-state index contributed by atoms with van der Waals surface area (Å²) in [6.07, 6.45) is 0.210. The predicted octanol–water partition coefficient (Wildman–Crippen LogP) is 3.87. The number of ether oxygens (including phenoxy) is 1. The van der Waals surface area contributed by atoms with Crippen molar-refractivity contribution in [2.45, 2.75) is 43.8 Å². The van der Waals surface area contributed by atoms with Gasteiger partial charge >= 0.3 is 5.97 Å². The third-order valence-electron chi connectivity index (χ3n) is 2.84. The smallest absolute Gasteiger partial charge is 0.311 e. The van der Waals surface area contributed by atoms with Crippen molar-refractivity contribution in [3.8, 4) is 5.75 Å². The first kappa shape index (κ1) is 15.8. The molecule has 0 radical (unpaired) electrons.